The van der Waals surface area contributed by atoms with E-state index in [-0.39, 0.29) is 11.7 Å². The van der Waals surface area contributed by atoms with Crippen LogP contribution in [0.5, 0.6) is 0 Å². The molecular weight excluding hydrogens is 387 g/mol. The van der Waals surface area contributed by atoms with Crippen LogP contribution < -0.4 is 4.90 Å². The maximum Gasteiger partial charge on any atom is 0.265 e. The first kappa shape index (κ1) is 20.1. The molecular formula is C21H25FN6O2. The number of nitrogens with zero attached hydrogens (tertiary/aromatic N) is 6. The van der Waals surface area contributed by atoms with Crippen LogP contribution in [0.15, 0.2) is 34.7 Å². The molecule has 2 aromatic heterocycles. The van der Waals surface area contributed by atoms with Gasteiger partial charge < -0.3 is 14.2 Å². The van der Waals surface area contributed by atoms with E-state index in [2.05, 4.69) is 20.2 Å². The molecule has 8 nitrogen and oxygen atoms in total. The smallest absolute Gasteiger partial charge is 0.265 e. The summed E-state index contributed by atoms with van der Waals surface area (Å²) in [7, 11) is 0. The highest BCUT2D eigenvalue weighted by Crippen LogP contribution is 2.20. The zero-order chi connectivity index (χ0) is 21.1. The van der Waals surface area contributed by atoms with Crippen LogP contribution in [-0.2, 0) is 17.8 Å². The number of aryl methyl sites for hydroxylation is 3. The highest BCUT2D eigenvalue weighted by Gasteiger charge is 2.22. The monoisotopic (exact) mass is 412 g/mol. The number of rotatable bonds is 6. The van der Waals surface area contributed by atoms with Gasteiger partial charge in [-0.3, -0.25) is 9.48 Å². The van der Waals surface area contributed by atoms with E-state index in [9.17, 15) is 9.18 Å². The Morgan fingerprint density at radius 3 is 2.57 bits per heavy atom. The van der Waals surface area contributed by atoms with Gasteiger partial charge in [-0.15, -0.1) is 10.2 Å². The van der Waals surface area contributed by atoms with Crippen LogP contribution >= 0.6 is 0 Å². The van der Waals surface area contributed by atoms with Crippen molar-refractivity contribution in [3.63, 3.8) is 0 Å². The van der Waals surface area contributed by atoms with E-state index in [0.29, 0.717) is 44.3 Å². The minimum atomic E-state index is -0.244. The molecule has 4 rings (SSSR count). The number of piperazine rings is 1. The average Bonchev–Trinajstić information content (AvgIpc) is 3.38. The second-order valence-corrected chi connectivity index (χ2v) is 7.33. The number of hydrogen-bond acceptors (Lipinski definition) is 6. The van der Waals surface area contributed by atoms with Gasteiger partial charge in [0.2, 0.25) is 11.8 Å². The summed E-state index contributed by atoms with van der Waals surface area (Å²) >= 11 is 0. The van der Waals surface area contributed by atoms with Crippen molar-refractivity contribution < 1.29 is 13.6 Å². The van der Waals surface area contributed by atoms with Crippen molar-refractivity contribution in [3.05, 3.63) is 47.7 Å². The lowest BCUT2D eigenvalue weighted by atomic mass is 10.2. The molecule has 158 valence electrons. The average molecular weight is 412 g/mol. The maximum absolute atomic E-state index is 13.1. The second kappa shape index (κ2) is 8.64. The van der Waals surface area contributed by atoms with Gasteiger partial charge in [0, 0.05) is 51.3 Å². The molecule has 0 bridgehead atoms. The van der Waals surface area contributed by atoms with Crippen molar-refractivity contribution in [1.29, 1.82) is 0 Å². The van der Waals surface area contributed by atoms with Crippen LogP contribution in [0.25, 0.3) is 11.6 Å². The van der Waals surface area contributed by atoms with Crippen LogP contribution in [0.3, 0.4) is 0 Å². The topological polar surface area (TPSA) is 80.3 Å². The molecule has 0 unspecified atom stereocenters. The minimum Gasteiger partial charge on any atom is -0.419 e. The molecule has 0 radical (unpaired) electrons. The maximum atomic E-state index is 13.1. The molecule has 1 aliphatic heterocycles. The summed E-state index contributed by atoms with van der Waals surface area (Å²) in [4.78, 5) is 16.6. The zero-order valence-corrected chi connectivity index (χ0v) is 17.2. The van der Waals surface area contributed by atoms with Crippen molar-refractivity contribution in [2.24, 2.45) is 0 Å². The largest absolute Gasteiger partial charge is 0.419 e. The summed E-state index contributed by atoms with van der Waals surface area (Å²) in [6, 6.07) is 8.37. The van der Waals surface area contributed by atoms with Crippen LogP contribution in [0.1, 0.15) is 24.9 Å². The summed E-state index contributed by atoms with van der Waals surface area (Å²) in [5.41, 5.74) is 2.65. The molecule has 0 atom stereocenters. The quantitative estimate of drug-likeness (QED) is 0.619. The summed E-state index contributed by atoms with van der Waals surface area (Å²) in [6.45, 7) is 7.36. The Morgan fingerprint density at radius 1 is 1.13 bits per heavy atom. The van der Waals surface area contributed by atoms with E-state index >= 15 is 0 Å². The van der Waals surface area contributed by atoms with Crippen LogP contribution in [0.4, 0.5) is 10.1 Å². The molecule has 0 aliphatic carbocycles. The van der Waals surface area contributed by atoms with E-state index in [4.69, 9.17) is 4.42 Å². The van der Waals surface area contributed by atoms with Gasteiger partial charge in [0.15, 0.2) is 0 Å². The molecule has 30 heavy (non-hydrogen) atoms. The molecule has 3 aromatic rings. The summed E-state index contributed by atoms with van der Waals surface area (Å²) in [6.07, 6.45) is 0.730. The SMILES string of the molecule is CCn1nc(C)cc1-c1nnc(CCC(=O)N2CCN(c3ccc(F)cc3)CC2)o1. The number of aromatic nitrogens is 4. The van der Waals surface area contributed by atoms with E-state index in [0.717, 1.165) is 30.2 Å². The van der Waals surface area contributed by atoms with Gasteiger partial charge in [-0.25, -0.2) is 4.39 Å². The van der Waals surface area contributed by atoms with Crippen molar-refractivity contribution in [3.8, 4) is 11.6 Å². The number of halogens is 1. The summed E-state index contributed by atoms with van der Waals surface area (Å²) in [5.74, 6) is 0.701. The molecule has 0 spiro atoms. The zero-order valence-electron chi connectivity index (χ0n) is 17.2. The number of amides is 1. The molecule has 1 fully saturated rings. The third-order valence-corrected chi connectivity index (χ3v) is 5.26. The van der Waals surface area contributed by atoms with E-state index in [1.807, 2.05) is 29.5 Å². The molecule has 1 aliphatic rings. The molecule has 9 heteroatoms. The Labute approximate surface area is 174 Å². The van der Waals surface area contributed by atoms with Crippen LogP contribution in [0.2, 0.25) is 0 Å². The molecule has 0 saturated carbocycles. The highest BCUT2D eigenvalue weighted by molar-refractivity contribution is 5.76. The fourth-order valence-corrected chi connectivity index (χ4v) is 3.65. The van der Waals surface area contributed by atoms with Gasteiger partial charge in [0.25, 0.3) is 5.89 Å². The number of carbonyl (C=O) groups excluding carboxylic acids is 1. The van der Waals surface area contributed by atoms with Gasteiger partial charge in [-0.1, -0.05) is 0 Å². The first-order valence-electron chi connectivity index (χ1n) is 10.2. The summed E-state index contributed by atoms with van der Waals surface area (Å²) < 4.78 is 20.7. The predicted octanol–water partition coefficient (Wildman–Crippen LogP) is 2.68. The van der Waals surface area contributed by atoms with Crippen LogP contribution in [-0.4, -0.2) is 57.0 Å². The van der Waals surface area contributed by atoms with E-state index < -0.39 is 0 Å². The van der Waals surface area contributed by atoms with Gasteiger partial charge in [0.1, 0.15) is 11.5 Å². The second-order valence-electron chi connectivity index (χ2n) is 7.33. The fraction of sp³-hybridized carbons (Fsp3) is 0.429. The van der Waals surface area contributed by atoms with Crippen LogP contribution in [0, 0.1) is 12.7 Å². The van der Waals surface area contributed by atoms with Crippen molar-refractivity contribution in [2.75, 3.05) is 31.1 Å². The van der Waals surface area contributed by atoms with Gasteiger partial charge in [0.05, 0.1) is 5.69 Å². The Balaban J connectivity index is 1.29. The molecule has 0 N–H and O–H groups in total. The third-order valence-electron chi connectivity index (χ3n) is 5.26. The summed E-state index contributed by atoms with van der Waals surface area (Å²) in [5, 5.41) is 12.6. The van der Waals surface area contributed by atoms with Crippen molar-refractivity contribution in [1.82, 2.24) is 24.9 Å². The predicted molar refractivity (Wildman–Crippen MR) is 109 cm³/mol. The normalized spacial score (nSPS) is 14.4. The number of anilines is 1. The minimum absolute atomic E-state index is 0.0722. The lowest BCUT2D eigenvalue weighted by Gasteiger charge is -2.36. The highest BCUT2D eigenvalue weighted by atomic mass is 19.1. The number of carbonyl (C=O) groups is 1. The van der Waals surface area contributed by atoms with E-state index in [1.54, 1.807) is 12.1 Å². The molecule has 3 heterocycles. The Morgan fingerprint density at radius 2 is 1.87 bits per heavy atom. The first-order valence-corrected chi connectivity index (χ1v) is 10.2. The molecule has 1 amide bonds. The number of benzene rings is 1. The van der Waals surface area contributed by atoms with Crippen molar-refractivity contribution in [2.45, 2.75) is 33.2 Å². The lowest BCUT2D eigenvalue weighted by Crippen LogP contribution is -2.48. The van der Waals surface area contributed by atoms with Gasteiger partial charge in [-0.05, 0) is 44.2 Å². The number of hydrogen-bond donors (Lipinski definition) is 0. The Kier molecular flexibility index (Phi) is 5.78. The van der Waals surface area contributed by atoms with Gasteiger partial charge >= 0.3 is 0 Å². The standard InChI is InChI=1S/C21H25FN6O2/c1-3-28-18(14-15(2)25-28)21-24-23-19(30-21)8-9-20(29)27-12-10-26(11-13-27)17-6-4-16(22)5-7-17/h4-7,14H,3,8-13H2,1-2H3. The lowest BCUT2D eigenvalue weighted by molar-refractivity contribution is -0.131. The Bertz CT molecular complexity index is 1000. The fourth-order valence-electron chi connectivity index (χ4n) is 3.65. The third kappa shape index (κ3) is 4.34. The Hall–Kier alpha value is -3.23. The van der Waals surface area contributed by atoms with Crippen molar-refractivity contribution >= 4 is 11.6 Å². The van der Waals surface area contributed by atoms with E-state index in [1.165, 1.54) is 12.1 Å². The van der Waals surface area contributed by atoms with Gasteiger partial charge in [-0.2, -0.15) is 5.10 Å². The first-order chi connectivity index (χ1) is 14.5. The molecule has 1 aromatic carbocycles. The molecule has 1 saturated heterocycles.